The molecule has 1 amide bonds. The van der Waals surface area contributed by atoms with E-state index in [2.05, 4.69) is 19.2 Å². The fourth-order valence-electron chi connectivity index (χ4n) is 2.63. The van der Waals surface area contributed by atoms with Gasteiger partial charge in [-0.05, 0) is 37.3 Å². The highest BCUT2D eigenvalue weighted by atomic mass is 16.5. The van der Waals surface area contributed by atoms with Gasteiger partial charge in [0, 0.05) is 5.92 Å². The predicted octanol–water partition coefficient (Wildman–Crippen LogP) is 3.16. The highest BCUT2D eigenvalue weighted by molar-refractivity contribution is 5.94. The van der Waals surface area contributed by atoms with Gasteiger partial charge in [0.05, 0.1) is 18.2 Å². The molecule has 0 aromatic heterocycles. The number of rotatable bonds is 6. The van der Waals surface area contributed by atoms with E-state index in [0.717, 1.165) is 0 Å². The maximum atomic E-state index is 12.3. The second-order valence-electron chi connectivity index (χ2n) is 6.24. The number of anilines is 1. The molecule has 2 atom stereocenters. The second-order valence-corrected chi connectivity index (χ2v) is 6.24. The molecule has 0 bridgehead atoms. The Bertz CT molecular complexity index is 541. The smallest absolute Gasteiger partial charge is 0.306 e. The normalized spacial score (nSPS) is 20.9. The molecule has 1 aliphatic rings. The van der Waals surface area contributed by atoms with Crippen LogP contribution in [0, 0.1) is 17.8 Å². The van der Waals surface area contributed by atoms with E-state index in [0.29, 0.717) is 43.2 Å². The van der Waals surface area contributed by atoms with Crippen LogP contribution in [0.1, 0.15) is 33.1 Å². The number of ether oxygens (including phenoxy) is 1. The summed E-state index contributed by atoms with van der Waals surface area (Å²) in [6, 6.07) is 7.33. The number of hydrogen-bond donors (Lipinski definition) is 2. The molecule has 0 saturated heterocycles. The van der Waals surface area contributed by atoms with Crippen molar-refractivity contribution in [2.75, 3.05) is 11.9 Å². The van der Waals surface area contributed by atoms with Gasteiger partial charge in [0.25, 0.3) is 0 Å². The summed E-state index contributed by atoms with van der Waals surface area (Å²) >= 11 is 0. The summed E-state index contributed by atoms with van der Waals surface area (Å²) < 4.78 is 5.71. The van der Waals surface area contributed by atoms with Crippen molar-refractivity contribution in [2.45, 2.75) is 33.1 Å². The van der Waals surface area contributed by atoms with Crippen LogP contribution in [0.2, 0.25) is 0 Å². The van der Waals surface area contributed by atoms with Crippen molar-refractivity contribution in [3.63, 3.8) is 0 Å². The number of hydrogen-bond acceptors (Lipinski definition) is 3. The Morgan fingerprint density at radius 3 is 2.59 bits per heavy atom. The molecule has 1 aliphatic carbocycles. The Balaban J connectivity index is 1.98. The number of carbonyl (C=O) groups excluding carboxylic acids is 1. The summed E-state index contributed by atoms with van der Waals surface area (Å²) in [4.78, 5) is 23.3. The summed E-state index contributed by atoms with van der Waals surface area (Å²) in [7, 11) is 0. The van der Waals surface area contributed by atoms with Crippen molar-refractivity contribution in [1.29, 1.82) is 0 Å². The van der Waals surface area contributed by atoms with Gasteiger partial charge >= 0.3 is 5.97 Å². The zero-order valence-electron chi connectivity index (χ0n) is 13.0. The number of carbonyl (C=O) groups is 2. The minimum absolute atomic E-state index is 0.121. The number of carboxylic acid groups (broad SMARTS) is 1. The standard InChI is InChI=1S/C17H23NO4/c1-11(2)10-22-15-6-4-3-5-14(15)18-16(19)12-7-8-13(9-12)17(20)21/h3-6,11-13H,7-10H2,1-2H3,(H,18,19)(H,20,21)/t12-,13+/m1/s1. The Hall–Kier alpha value is -2.04. The van der Waals surface area contributed by atoms with Crippen LogP contribution in [0.25, 0.3) is 0 Å². The van der Waals surface area contributed by atoms with Gasteiger partial charge in [-0.2, -0.15) is 0 Å². The van der Waals surface area contributed by atoms with Crippen molar-refractivity contribution in [3.8, 4) is 5.75 Å². The number of para-hydroxylation sites is 2. The van der Waals surface area contributed by atoms with Gasteiger partial charge in [-0.3, -0.25) is 9.59 Å². The summed E-state index contributed by atoms with van der Waals surface area (Å²) in [5.41, 5.74) is 0.645. The second kappa shape index (κ2) is 7.29. The first-order valence-corrected chi connectivity index (χ1v) is 7.73. The molecule has 0 spiro atoms. The van der Waals surface area contributed by atoms with Gasteiger partial charge in [0.15, 0.2) is 0 Å². The van der Waals surface area contributed by atoms with Crippen LogP contribution in [-0.2, 0) is 9.59 Å². The Labute approximate surface area is 130 Å². The molecule has 120 valence electrons. The molecule has 2 N–H and O–H groups in total. The molecule has 1 saturated carbocycles. The van der Waals surface area contributed by atoms with Crippen LogP contribution >= 0.6 is 0 Å². The van der Waals surface area contributed by atoms with E-state index in [1.54, 1.807) is 6.07 Å². The van der Waals surface area contributed by atoms with Crippen LogP contribution in [-0.4, -0.2) is 23.6 Å². The van der Waals surface area contributed by atoms with E-state index in [9.17, 15) is 9.59 Å². The number of aliphatic carboxylic acids is 1. The van der Waals surface area contributed by atoms with E-state index in [1.807, 2.05) is 18.2 Å². The monoisotopic (exact) mass is 305 g/mol. The van der Waals surface area contributed by atoms with Gasteiger partial charge < -0.3 is 15.2 Å². The third-order valence-corrected chi connectivity index (χ3v) is 3.87. The lowest BCUT2D eigenvalue weighted by Crippen LogP contribution is -2.22. The first kappa shape index (κ1) is 16.3. The molecule has 0 aliphatic heterocycles. The van der Waals surface area contributed by atoms with E-state index < -0.39 is 11.9 Å². The number of benzene rings is 1. The molecule has 1 aromatic rings. The molecule has 0 radical (unpaired) electrons. The molecule has 1 fully saturated rings. The molecule has 0 unspecified atom stereocenters. The fraction of sp³-hybridized carbons (Fsp3) is 0.529. The van der Waals surface area contributed by atoms with Crippen LogP contribution < -0.4 is 10.1 Å². The zero-order valence-corrected chi connectivity index (χ0v) is 13.0. The number of nitrogens with one attached hydrogen (secondary N) is 1. The minimum atomic E-state index is -0.809. The third kappa shape index (κ3) is 4.23. The molecule has 0 heterocycles. The first-order valence-electron chi connectivity index (χ1n) is 7.73. The number of carboxylic acids is 1. The minimum Gasteiger partial charge on any atom is -0.491 e. The summed E-state index contributed by atoms with van der Waals surface area (Å²) in [6.07, 6.45) is 1.60. The third-order valence-electron chi connectivity index (χ3n) is 3.87. The average Bonchev–Trinajstić information content (AvgIpc) is 2.96. The Morgan fingerprint density at radius 2 is 1.95 bits per heavy atom. The van der Waals surface area contributed by atoms with E-state index >= 15 is 0 Å². The summed E-state index contributed by atoms with van der Waals surface area (Å²) in [5, 5.41) is 11.9. The molecular weight excluding hydrogens is 282 g/mol. The van der Waals surface area contributed by atoms with Gasteiger partial charge in [-0.1, -0.05) is 26.0 Å². The van der Waals surface area contributed by atoms with Crippen molar-refractivity contribution < 1.29 is 19.4 Å². The van der Waals surface area contributed by atoms with Crippen molar-refractivity contribution in [2.24, 2.45) is 17.8 Å². The van der Waals surface area contributed by atoms with Crippen LogP contribution in [0.15, 0.2) is 24.3 Å². The lowest BCUT2D eigenvalue weighted by molar-refractivity contribution is -0.141. The summed E-state index contributed by atoms with van der Waals surface area (Å²) in [6.45, 7) is 4.70. The predicted molar refractivity (Wildman–Crippen MR) is 83.9 cm³/mol. The van der Waals surface area contributed by atoms with Crippen LogP contribution in [0.4, 0.5) is 5.69 Å². The SMILES string of the molecule is CC(C)COc1ccccc1NC(=O)[C@@H]1CC[C@H](C(=O)O)C1. The van der Waals surface area contributed by atoms with Gasteiger partial charge in [-0.15, -0.1) is 0 Å². The topological polar surface area (TPSA) is 75.6 Å². The molecular formula is C17H23NO4. The van der Waals surface area contributed by atoms with Crippen molar-refractivity contribution in [3.05, 3.63) is 24.3 Å². The Morgan fingerprint density at radius 1 is 1.27 bits per heavy atom. The molecule has 22 heavy (non-hydrogen) atoms. The average molecular weight is 305 g/mol. The molecule has 5 heteroatoms. The number of amides is 1. The van der Waals surface area contributed by atoms with E-state index in [-0.39, 0.29) is 11.8 Å². The van der Waals surface area contributed by atoms with E-state index in [1.165, 1.54) is 0 Å². The van der Waals surface area contributed by atoms with Crippen LogP contribution in [0.5, 0.6) is 5.75 Å². The van der Waals surface area contributed by atoms with E-state index in [4.69, 9.17) is 9.84 Å². The zero-order chi connectivity index (χ0) is 16.1. The highest BCUT2D eigenvalue weighted by Crippen LogP contribution is 2.33. The summed E-state index contributed by atoms with van der Waals surface area (Å²) in [5.74, 6) is -0.519. The Kier molecular flexibility index (Phi) is 5.41. The molecule has 5 nitrogen and oxygen atoms in total. The quantitative estimate of drug-likeness (QED) is 0.846. The molecule has 2 rings (SSSR count). The van der Waals surface area contributed by atoms with Gasteiger partial charge in [0.1, 0.15) is 5.75 Å². The molecule has 1 aromatic carbocycles. The van der Waals surface area contributed by atoms with Gasteiger partial charge in [-0.25, -0.2) is 0 Å². The highest BCUT2D eigenvalue weighted by Gasteiger charge is 2.34. The lowest BCUT2D eigenvalue weighted by atomic mass is 10.0. The first-order chi connectivity index (χ1) is 10.5. The maximum absolute atomic E-state index is 12.3. The maximum Gasteiger partial charge on any atom is 0.306 e. The largest absolute Gasteiger partial charge is 0.491 e. The lowest BCUT2D eigenvalue weighted by Gasteiger charge is -2.15. The van der Waals surface area contributed by atoms with Crippen molar-refractivity contribution >= 4 is 17.6 Å². The van der Waals surface area contributed by atoms with Gasteiger partial charge in [0.2, 0.25) is 5.91 Å². The van der Waals surface area contributed by atoms with Crippen molar-refractivity contribution in [1.82, 2.24) is 0 Å². The fourth-order valence-corrected chi connectivity index (χ4v) is 2.63. The van der Waals surface area contributed by atoms with Crippen LogP contribution in [0.3, 0.4) is 0 Å².